The molecule has 80 valence electrons. The van der Waals surface area contributed by atoms with Crippen LogP contribution in [0.2, 0.25) is 0 Å². The second-order valence-corrected chi connectivity index (χ2v) is 3.45. The van der Waals surface area contributed by atoms with E-state index >= 15 is 0 Å². The first-order chi connectivity index (χ1) is 7.33. The molecule has 1 saturated heterocycles. The van der Waals surface area contributed by atoms with Gasteiger partial charge in [-0.3, -0.25) is 0 Å². The van der Waals surface area contributed by atoms with Gasteiger partial charge in [0.25, 0.3) is 0 Å². The van der Waals surface area contributed by atoms with Gasteiger partial charge in [-0.2, -0.15) is 9.18 Å². The third-order valence-corrected chi connectivity index (χ3v) is 2.54. The summed E-state index contributed by atoms with van der Waals surface area (Å²) in [5.41, 5.74) is 9.21. The summed E-state index contributed by atoms with van der Waals surface area (Å²) in [6.07, 6.45) is 3.87. The number of hydrogen-bond donors (Lipinski definition) is 0. The van der Waals surface area contributed by atoms with Crippen molar-refractivity contribution in [1.82, 2.24) is 4.90 Å². The zero-order valence-corrected chi connectivity index (χ0v) is 8.32. The van der Waals surface area contributed by atoms with Gasteiger partial charge in [0, 0.05) is 13.1 Å². The lowest BCUT2D eigenvalue weighted by atomic mass is 10.1. The summed E-state index contributed by atoms with van der Waals surface area (Å²) in [4.78, 5) is 4.85. The van der Waals surface area contributed by atoms with Crippen molar-refractivity contribution < 1.29 is 13.9 Å². The van der Waals surface area contributed by atoms with Gasteiger partial charge in [0.05, 0.1) is 25.3 Å². The molecule has 0 aromatic rings. The molecule has 5 heteroatoms. The standard InChI is InChI=1S/C10H12FN3O/c11-10-8(13-12)2-1-3-9(10)14-4-6-15-7-5-14/h1,3H,2,4-7H2. The van der Waals surface area contributed by atoms with E-state index in [0.717, 1.165) is 0 Å². The number of allylic oxidation sites excluding steroid dienone is 3. The van der Waals surface area contributed by atoms with Crippen molar-refractivity contribution in [3.63, 3.8) is 0 Å². The predicted octanol–water partition coefficient (Wildman–Crippen LogP) is 1.13. The Morgan fingerprint density at radius 1 is 1.40 bits per heavy atom. The minimum absolute atomic E-state index is 0.0963. The summed E-state index contributed by atoms with van der Waals surface area (Å²) < 4.78 is 18.9. The first-order valence-electron chi connectivity index (χ1n) is 4.93. The third kappa shape index (κ3) is 1.98. The van der Waals surface area contributed by atoms with Gasteiger partial charge in [-0.15, -0.1) is 0 Å². The van der Waals surface area contributed by atoms with Gasteiger partial charge in [0.15, 0.2) is 0 Å². The number of hydrogen-bond acceptors (Lipinski definition) is 2. The molecule has 15 heavy (non-hydrogen) atoms. The maximum atomic E-state index is 13.8. The van der Waals surface area contributed by atoms with Crippen molar-refractivity contribution in [2.45, 2.75) is 6.42 Å². The quantitative estimate of drug-likeness (QED) is 0.480. The summed E-state index contributed by atoms with van der Waals surface area (Å²) in [5.74, 6) is -0.429. The molecule has 0 unspecified atom stereocenters. The van der Waals surface area contributed by atoms with Crippen LogP contribution in [0.3, 0.4) is 0 Å². The van der Waals surface area contributed by atoms with Crippen LogP contribution in [0.4, 0.5) is 4.39 Å². The van der Waals surface area contributed by atoms with E-state index in [1.165, 1.54) is 0 Å². The van der Waals surface area contributed by atoms with Gasteiger partial charge in [-0.1, -0.05) is 6.08 Å². The highest BCUT2D eigenvalue weighted by molar-refractivity contribution is 5.96. The Hall–Kier alpha value is -1.45. The highest BCUT2D eigenvalue weighted by Gasteiger charge is 2.26. The number of nitrogens with zero attached hydrogens (tertiary/aromatic N) is 3. The summed E-state index contributed by atoms with van der Waals surface area (Å²) >= 11 is 0. The van der Waals surface area contributed by atoms with E-state index in [0.29, 0.717) is 38.4 Å². The van der Waals surface area contributed by atoms with Crippen molar-refractivity contribution in [3.05, 3.63) is 29.2 Å². The molecule has 0 bridgehead atoms. The number of morpholine rings is 1. The number of rotatable bonds is 1. The second kappa shape index (κ2) is 4.38. The lowest BCUT2D eigenvalue weighted by Gasteiger charge is -2.30. The zero-order valence-electron chi connectivity index (χ0n) is 8.32. The molecular formula is C10H12FN3O. The van der Waals surface area contributed by atoms with Gasteiger partial charge in [0.1, 0.15) is 0 Å². The molecule has 1 aliphatic carbocycles. The molecule has 0 spiro atoms. The van der Waals surface area contributed by atoms with E-state index < -0.39 is 5.83 Å². The molecule has 2 aliphatic rings. The van der Waals surface area contributed by atoms with Gasteiger partial charge in [-0.25, -0.2) is 0 Å². The molecule has 1 aliphatic heterocycles. The predicted molar refractivity (Wildman–Crippen MR) is 52.9 cm³/mol. The van der Waals surface area contributed by atoms with Crippen LogP contribution < -0.4 is 0 Å². The molecule has 0 radical (unpaired) electrons. The van der Waals surface area contributed by atoms with Crippen LogP contribution >= 0.6 is 0 Å². The molecule has 0 amide bonds. The summed E-state index contributed by atoms with van der Waals surface area (Å²) in [7, 11) is 0. The molecule has 0 saturated carbocycles. The molecule has 4 nitrogen and oxygen atoms in total. The third-order valence-electron chi connectivity index (χ3n) is 2.54. The maximum absolute atomic E-state index is 13.8. The average Bonchev–Trinajstić information content (AvgIpc) is 2.30. The Bertz CT molecular complexity index is 363. The first kappa shape index (κ1) is 10.1. The fourth-order valence-corrected chi connectivity index (χ4v) is 1.73. The molecular weight excluding hydrogens is 197 g/mol. The average molecular weight is 209 g/mol. The topological polar surface area (TPSA) is 48.9 Å². The molecule has 1 heterocycles. The zero-order chi connectivity index (χ0) is 10.7. The SMILES string of the molecule is [N-]=[N+]=C1CC=CC(N2CCOCC2)=C1F. The van der Waals surface area contributed by atoms with Crippen molar-refractivity contribution in [1.29, 1.82) is 0 Å². The lowest BCUT2D eigenvalue weighted by Crippen LogP contribution is -2.36. The van der Waals surface area contributed by atoms with Crippen LogP contribution in [0.25, 0.3) is 5.53 Å². The van der Waals surface area contributed by atoms with Crippen LogP contribution in [0, 0.1) is 0 Å². The normalized spacial score (nSPS) is 21.9. The summed E-state index contributed by atoms with van der Waals surface area (Å²) in [6, 6.07) is 0. The monoisotopic (exact) mass is 209 g/mol. The van der Waals surface area contributed by atoms with Crippen molar-refractivity contribution in [2.24, 2.45) is 0 Å². The van der Waals surface area contributed by atoms with Crippen molar-refractivity contribution in [3.8, 4) is 0 Å². The molecule has 1 fully saturated rings. The second-order valence-electron chi connectivity index (χ2n) is 3.45. The highest BCUT2D eigenvalue weighted by atomic mass is 19.1. The number of ether oxygens (including phenoxy) is 1. The van der Waals surface area contributed by atoms with Crippen LogP contribution in [0.1, 0.15) is 6.42 Å². The molecule has 2 rings (SSSR count). The van der Waals surface area contributed by atoms with Gasteiger partial charge in [0.2, 0.25) is 5.83 Å². The minimum Gasteiger partial charge on any atom is -0.378 e. The van der Waals surface area contributed by atoms with Crippen LogP contribution in [0.15, 0.2) is 23.7 Å². The van der Waals surface area contributed by atoms with Crippen LogP contribution in [-0.4, -0.2) is 41.7 Å². The molecule has 0 atom stereocenters. The minimum atomic E-state index is -0.429. The Morgan fingerprint density at radius 3 is 2.80 bits per heavy atom. The van der Waals surface area contributed by atoms with Gasteiger partial charge >= 0.3 is 5.71 Å². The smallest absolute Gasteiger partial charge is 0.333 e. The van der Waals surface area contributed by atoms with E-state index in [1.807, 2.05) is 4.90 Å². The highest BCUT2D eigenvalue weighted by Crippen LogP contribution is 2.21. The summed E-state index contributed by atoms with van der Waals surface area (Å²) in [5, 5.41) is 0. The fourth-order valence-electron chi connectivity index (χ4n) is 1.73. The van der Waals surface area contributed by atoms with Gasteiger partial charge < -0.3 is 15.2 Å². The number of halogens is 1. The van der Waals surface area contributed by atoms with E-state index in [4.69, 9.17) is 10.3 Å². The van der Waals surface area contributed by atoms with E-state index in [2.05, 4.69) is 4.79 Å². The van der Waals surface area contributed by atoms with Crippen LogP contribution in [-0.2, 0) is 4.74 Å². The Balaban J connectivity index is 2.25. The Labute approximate surface area is 87.3 Å². The fraction of sp³-hybridized carbons (Fsp3) is 0.500. The van der Waals surface area contributed by atoms with E-state index in [-0.39, 0.29) is 5.71 Å². The first-order valence-corrected chi connectivity index (χ1v) is 4.93. The maximum Gasteiger partial charge on any atom is 0.333 e. The molecule has 0 aromatic carbocycles. The van der Waals surface area contributed by atoms with Crippen LogP contribution in [0.5, 0.6) is 0 Å². The van der Waals surface area contributed by atoms with Gasteiger partial charge in [-0.05, 0) is 6.08 Å². The van der Waals surface area contributed by atoms with E-state index in [9.17, 15) is 4.39 Å². The van der Waals surface area contributed by atoms with E-state index in [1.54, 1.807) is 12.2 Å². The Kier molecular flexibility index (Phi) is 2.94. The van der Waals surface area contributed by atoms with Crippen molar-refractivity contribution in [2.75, 3.05) is 26.3 Å². The Morgan fingerprint density at radius 2 is 2.13 bits per heavy atom. The lowest BCUT2D eigenvalue weighted by molar-refractivity contribution is -0.00903. The molecule has 0 aromatic heterocycles. The molecule has 0 N–H and O–H groups in total. The van der Waals surface area contributed by atoms with Crippen molar-refractivity contribution >= 4 is 5.71 Å². The summed E-state index contributed by atoms with van der Waals surface area (Å²) in [6.45, 7) is 2.56. The largest absolute Gasteiger partial charge is 0.378 e.